The van der Waals surface area contributed by atoms with Crippen LogP contribution in [0.1, 0.15) is 41.6 Å². The monoisotopic (exact) mass is 399 g/mol. The third kappa shape index (κ3) is 3.26. The fourth-order valence-electron chi connectivity index (χ4n) is 3.89. The van der Waals surface area contributed by atoms with E-state index in [2.05, 4.69) is 15.4 Å². The second kappa shape index (κ2) is 7.55. The number of hydrogen-bond donors (Lipinski definition) is 2. The maximum Gasteiger partial charge on any atom is 0.257 e. The van der Waals surface area contributed by atoms with Crippen molar-refractivity contribution in [3.63, 3.8) is 0 Å². The van der Waals surface area contributed by atoms with Gasteiger partial charge in [0.05, 0.1) is 17.2 Å². The van der Waals surface area contributed by atoms with Gasteiger partial charge < -0.3 is 11.1 Å². The standard InChI is InChI=1S/C22H21N7O/c23-20-18(22(30)26-15-5-1-2-6-15)19-21(28-17-8-4-3-7-16(17)27-19)29(20)25-13-14-9-11-24-12-10-14/h3-4,7-13,15H,1-2,5-6,23H2,(H,26,30). The molecule has 1 aliphatic carbocycles. The molecule has 1 aliphatic rings. The molecule has 8 nitrogen and oxygen atoms in total. The van der Waals surface area contributed by atoms with Gasteiger partial charge in [0.25, 0.3) is 5.91 Å². The third-order valence-corrected chi connectivity index (χ3v) is 5.42. The highest BCUT2D eigenvalue weighted by Crippen LogP contribution is 2.28. The normalized spacial score (nSPS) is 14.8. The summed E-state index contributed by atoms with van der Waals surface area (Å²) in [6.07, 6.45) is 9.26. The molecule has 0 atom stereocenters. The van der Waals surface area contributed by atoms with Crippen LogP contribution in [-0.2, 0) is 0 Å². The van der Waals surface area contributed by atoms with Gasteiger partial charge in [0.15, 0.2) is 5.65 Å². The van der Waals surface area contributed by atoms with Crippen LogP contribution < -0.4 is 11.1 Å². The van der Waals surface area contributed by atoms with E-state index in [4.69, 9.17) is 15.7 Å². The SMILES string of the molecule is Nc1c(C(=O)NC2CCCC2)c2nc3ccccc3nc2n1N=Cc1ccncc1. The maximum atomic E-state index is 13.1. The Bertz CT molecular complexity index is 1260. The van der Waals surface area contributed by atoms with E-state index in [1.54, 1.807) is 18.6 Å². The van der Waals surface area contributed by atoms with Crippen molar-refractivity contribution >= 4 is 40.1 Å². The highest BCUT2D eigenvalue weighted by atomic mass is 16.1. The van der Waals surface area contributed by atoms with E-state index < -0.39 is 0 Å². The highest BCUT2D eigenvalue weighted by Gasteiger charge is 2.26. The van der Waals surface area contributed by atoms with Crippen molar-refractivity contribution in [2.45, 2.75) is 31.7 Å². The Morgan fingerprint density at radius 3 is 2.53 bits per heavy atom. The van der Waals surface area contributed by atoms with Gasteiger partial charge in [0, 0.05) is 18.4 Å². The van der Waals surface area contributed by atoms with Crippen LogP contribution in [0.3, 0.4) is 0 Å². The van der Waals surface area contributed by atoms with Gasteiger partial charge in [-0.05, 0) is 42.7 Å². The Hall–Kier alpha value is -3.81. The molecule has 1 amide bonds. The van der Waals surface area contributed by atoms with Crippen molar-refractivity contribution in [3.8, 4) is 0 Å². The molecule has 0 spiro atoms. The number of fused-ring (bicyclic) bond motifs is 2. The van der Waals surface area contributed by atoms with Gasteiger partial charge >= 0.3 is 0 Å². The molecule has 0 radical (unpaired) electrons. The molecule has 5 rings (SSSR count). The first-order valence-corrected chi connectivity index (χ1v) is 10.0. The molecule has 0 bridgehead atoms. The van der Waals surface area contributed by atoms with Gasteiger partial charge in [-0.15, -0.1) is 0 Å². The minimum Gasteiger partial charge on any atom is -0.383 e. The second-order valence-electron chi connectivity index (χ2n) is 7.44. The largest absolute Gasteiger partial charge is 0.383 e. The van der Waals surface area contributed by atoms with E-state index in [-0.39, 0.29) is 17.8 Å². The van der Waals surface area contributed by atoms with Crippen LogP contribution in [0, 0.1) is 0 Å². The van der Waals surface area contributed by atoms with Crippen molar-refractivity contribution in [3.05, 3.63) is 59.9 Å². The van der Waals surface area contributed by atoms with Crippen LogP contribution >= 0.6 is 0 Å². The summed E-state index contributed by atoms with van der Waals surface area (Å²) in [6.45, 7) is 0. The lowest BCUT2D eigenvalue weighted by Gasteiger charge is -2.11. The Labute approximate surface area is 172 Å². The van der Waals surface area contributed by atoms with Gasteiger partial charge in [0.1, 0.15) is 16.9 Å². The molecule has 3 aromatic heterocycles. The van der Waals surface area contributed by atoms with E-state index in [1.165, 1.54) is 4.68 Å². The number of nitrogens with one attached hydrogen (secondary N) is 1. The first-order chi connectivity index (χ1) is 14.7. The molecule has 1 aromatic carbocycles. The summed E-state index contributed by atoms with van der Waals surface area (Å²) in [5.41, 5.74) is 9.92. The Kier molecular flexibility index (Phi) is 4.59. The van der Waals surface area contributed by atoms with Gasteiger partial charge in [0.2, 0.25) is 0 Å². The molecule has 150 valence electrons. The molecule has 0 unspecified atom stereocenters. The molecule has 3 heterocycles. The zero-order chi connectivity index (χ0) is 20.5. The zero-order valence-corrected chi connectivity index (χ0v) is 16.3. The van der Waals surface area contributed by atoms with E-state index in [1.807, 2.05) is 36.4 Å². The molecule has 1 saturated carbocycles. The van der Waals surface area contributed by atoms with Crippen LogP contribution in [0.4, 0.5) is 5.82 Å². The van der Waals surface area contributed by atoms with Gasteiger partial charge in [-0.2, -0.15) is 9.78 Å². The average Bonchev–Trinajstić information content (AvgIpc) is 3.36. The highest BCUT2D eigenvalue weighted by molar-refractivity contribution is 6.10. The minimum absolute atomic E-state index is 0.170. The third-order valence-electron chi connectivity index (χ3n) is 5.42. The maximum absolute atomic E-state index is 13.1. The molecular formula is C22H21N7O. The number of rotatable bonds is 4. The lowest BCUT2D eigenvalue weighted by atomic mass is 10.2. The van der Waals surface area contributed by atoms with Crippen molar-refractivity contribution in [1.82, 2.24) is 24.9 Å². The number of carbonyl (C=O) groups is 1. The summed E-state index contributed by atoms with van der Waals surface area (Å²) in [7, 11) is 0. The van der Waals surface area contributed by atoms with Crippen molar-refractivity contribution < 1.29 is 4.79 Å². The summed E-state index contributed by atoms with van der Waals surface area (Å²) < 4.78 is 1.48. The Balaban J connectivity index is 1.66. The predicted octanol–water partition coefficient (Wildman–Crippen LogP) is 3.12. The van der Waals surface area contributed by atoms with Crippen LogP contribution in [-0.4, -0.2) is 37.8 Å². The molecule has 0 saturated heterocycles. The summed E-state index contributed by atoms with van der Waals surface area (Å²) >= 11 is 0. The molecule has 4 aromatic rings. The first-order valence-electron chi connectivity index (χ1n) is 10.0. The topological polar surface area (TPSA) is 111 Å². The van der Waals surface area contributed by atoms with Crippen molar-refractivity contribution in [2.75, 3.05) is 5.73 Å². The number of benzene rings is 1. The average molecular weight is 399 g/mol. The summed E-state index contributed by atoms with van der Waals surface area (Å²) in [5.74, 6) is -0.00653. The summed E-state index contributed by atoms with van der Waals surface area (Å²) in [6, 6.07) is 11.4. The molecule has 0 aliphatic heterocycles. The first kappa shape index (κ1) is 18.2. The number of nitrogen functional groups attached to an aromatic ring is 1. The molecule has 3 N–H and O–H groups in total. The van der Waals surface area contributed by atoms with E-state index in [9.17, 15) is 4.79 Å². The van der Waals surface area contributed by atoms with E-state index in [0.29, 0.717) is 27.8 Å². The van der Waals surface area contributed by atoms with Gasteiger partial charge in [-0.1, -0.05) is 25.0 Å². The number of para-hydroxylation sites is 2. The number of hydrogen-bond acceptors (Lipinski definition) is 6. The molecular weight excluding hydrogens is 378 g/mol. The number of carbonyl (C=O) groups excluding carboxylic acids is 1. The second-order valence-corrected chi connectivity index (χ2v) is 7.44. The number of aromatic nitrogens is 4. The van der Waals surface area contributed by atoms with Crippen molar-refractivity contribution in [2.24, 2.45) is 5.10 Å². The Morgan fingerprint density at radius 2 is 1.80 bits per heavy atom. The van der Waals surface area contributed by atoms with E-state index >= 15 is 0 Å². The molecule has 30 heavy (non-hydrogen) atoms. The number of nitrogens with zero attached hydrogens (tertiary/aromatic N) is 5. The predicted molar refractivity (Wildman–Crippen MR) is 116 cm³/mol. The lowest BCUT2D eigenvalue weighted by Crippen LogP contribution is -2.33. The fraction of sp³-hybridized carbons (Fsp3) is 0.227. The van der Waals surface area contributed by atoms with Crippen LogP contribution in [0.5, 0.6) is 0 Å². The minimum atomic E-state index is -0.230. The van der Waals surface area contributed by atoms with Crippen LogP contribution in [0.25, 0.3) is 22.2 Å². The zero-order valence-electron chi connectivity index (χ0n) is 16.3. The van der Waals surface area contributed by atoms with Crippen molar-refractivity contribution in [1.29, 1.82) is 0 Å². The lowest BCUT2D eigenvalue weighted by molar-refractivity contribution is 0.0940. The fourth-order valence-corrected chi connectivity index (χ4v) is 3.89. The summed E-state index contributed by atoms with van der Waals surface area (Å²) in [4.78, 5) is 26.5. The number of pyridine rings is 1. The van der Waals surface area contributed by atoms with E-state index in [0.717, 1.165) is 31.2 Å². The van der Waals surface area contributed by atoms with Crippen LogP contribution in [0.2, 0.25) is 0 Å². The van der Waals surface area contributed by atoms with Gasteiger partial charge in [-0.25, -0.2) is 9.97 Å². The number of anilines is 1. The summed E-state index contributed by atoms with van der Waals surface area (Å²) in [5, 5.41) is 7.61. The van der Waals surface area contributed by atoms with Gasteiger partial charge in [-0.3, -0.25) is 9.78 Å². The Morgan fingerprint density at radius 1 is 1.10 bits per heavy atom. The quantitative estimate of drug-likeness (QED) is 0.512. The number of amides is 1. The number of nitrogens with two attached hydrogens (primary N) is 1. The smallest absolute Gasteiger partial charge is 0.257 e. The van der Waals surface area contributed by atoms with Crippen LogP contribution in [0.15, 0.2) is 53.9 Å². The molecule has 1 fully saturated rings. The molecule has 8 heteroatoms.